The maximum Gasteiger partial charge on any atom is 0.248 e. The summed E-state index contributed by atoms with van der Waals surface area (Å²) in [5.41, 5.74) is 4.55. The van der Waals surface area contributed by atoms with Crippen molar-refractivity contribution in [2.75, 3.05) is 4.90 Å². The van der Waals surface area contributed by atoms with E-state index in [1.807, 2.05) is 67.6 Å². The van der Waals surface area contributed by atoms with Gasteiger partial charge in [0.15, 0.2) is 0 Å². The number of fused-ring (bicyclic) bond motifs is 1. The fraction of sp³-hybridized carbons (Fsp3) is 0.208. The Morgan fingerprint density at radius 2 is 1.26 bits per heavy atom. The van der Waals surface area contributed by atoms with Gasteiger partial charge in [-0.15, -0.1) is 0 Å². The molecule has 0 fully saturated rings. The monoisotopic (exact) mass is 356 g/mol. The van der Waals surface area contributed by atoms with Crippen LogP contribution < -0.4 is 10.2 Å². The molecule has 0 saturated carbocycles. The van der Waals surface area contributed by atoms with E-state index in [1.54, 1.807) is 4.90 Å². The summed E-state index contributed by atoms with van der Waals surface area (Å²) in [7, 11) is 0. The van der Waals surface area contributed by atoms with E-state index in [9.17, 15) is 4.79 Å². The van der Waals surface area contributed by atoms with Gasteiger partial charge in [-0.05, 0) is 55.2 Å². The maximum absolute atomic E-state index is 13.4. The minimum absolute atomic E-state index is 0.0587. The van der Waals surface area contributed by atoms with E-state index in [0.29, 0.717) is 6.04 Å². The number of rotatable bonds is 5. The Morgan fingerprint density at radius 3 is 1.74 bits per heavy atom. The topological polar surface area (TPSA) is 32.3 Å². The fourth-order valence-corrected chi connectivity index (χ4v) is 3.85. The van der Waals surface area contributed by atoms with Crippen LogP contribution in [0.3, 0.4) is 0 Å². The lowest BCUT2D eigenvalue weighted by molar-refractivity contribution is -0.119. The SMILES string of the molecule is CC(NC1Cc2ccccc2C1)C(=O)N(c1ccccc1)c1ccccc1. The number of benzene rings is 3. The van der Waals surface area contributed by atoms with Crippen molar-refractivity contribution in [1.82, 2.24) is 5.32 Å². The van der Waals surface area contributed by atoms with Crippen LogP contribution >= 0.6 is 0 Å². The van der Waals surface area contributed by atoms with E-state index in [1.165, 1.54) is 11.1 Å². The van der Waals surface area contributed by atoms with Crippen molar-refractivity contribution in [3.63, 3.8) is 0 Å². The molecule has 0 aliphatic heterocycles. The Labute approximate surface area is 160 Å². The van der Waals surface area contributed by atoms with Crippen LogP contribution in [0.1, 0.15) is 18.1 Å². The highest BCUT2D eigenvalue weighted by molar-refractivity contribution is 6.03. The molecule has 27 heavy (non-hydrogen) atoms. The molecule has 0 bridgehead atoms. The summed E-state index contributed by atoms with van der Waals surface area (Å²) in [6.45, 7) is 1.96. The summed E-state index contributed by atoms with van der Waals surface area (Å²) < 4.78 is 0. The van der Waals surface area contributed by atoms with Crippen molar-refractivity contribution >= 4 is 17.3 Å². The summed E-state index contributed by atoms with van der Waals surface area (Å²) >= 11 is 0. The molecule has 0 heterocycles. The first-order chi connectivity index (χ1) is 13.2. The van der Waals surface area contributed by atoms with Gasteiger partial charge in [0.25, 0.3) is 0 Å². The van der Waals surface area contributed by atoms with E-state index < -0.39 is 0 Å². The van der Waals surface area contributed by atoms with Crippen LogP contribution in [0.5, 0.6) is 0 Å². The lowest BCUT2D eigenvalue weighted by atomic mass is 10.1. The highest BCUT2D eigenvalue weighted by Gasteiger charge is 2.28. The number of anilines is 2. The van der Waals surface area contributed by atoms with E-state index >= 15 is 0 Å². The molecule has 0 spiro atoms. The first-order valence-corrected chi connectivity index (χ1v) is 9.49. The van der Waals surface area contributed by atoms with Crippen molar-refractivity contribution in [2.24, 2.45) is 0 Å². The van der Waals surface area contributed by atoms with Crippen LogP contribution in [0.2, 0.25) is 0 Å². The molecule has 3 nitrogen and oxygen atoms in total. The summed E-state index contributed by atoms with van der Waals surface area (Å²) in [5.74, 6) is 0.0587. The van der Waals surface area contributed by atoms with Crippen LogP contribution in [-0.4, -0.2) is 18.0 Å². The van der Waals surface area contributed by atoms with E-state index in [2.05, 4.69) is 29.6 Å². The summed E-state index contributed by atoms with van der Waals surface area (Å²) in [6, 6.07) is 28.3. The first kappa shape index (κ1) is 17.5. The molecule has 3 aromatic carbocycles. The van der Waals surface area contributed by atoms with Crippen LogP contribution in [-0.2, 0) is 17.6 Å². The van der Waals surface area contributed by atoms with Gasteiger partial charge in [0, 0.05) is 17.4 Å². The zero-order valence-electron chi connectivity index (χ0n) is 15.5. The molecular weight excluding hydrogens is 332 g/mol. The number of carbonyl (C=O) groups excluding carboxylic acids is 1. The average Bonchev–Trinajstić information content (AvgIpc) is 3.12. The predicted octanol–water partition coefficient (Wildman–Crippen LogP) is 4.50. The maximum atomic E-state index is 13.4. The summed E-state index contributed by atoms with van der Waals surface area (Å²) in [5, 5.41) is 3.55. The second-order valence-corrected chi connectivity index (χ2v) is 7.11. The predicted molar refractivity (Wildman–Crippen MR) is 110 cm³/mol. The van der Waals surface area contributed by atoms with Gasteiger partial charge in [0.05, 0.1) is 6.04 Å². The molecule has 1 amide bonds. The van der Waals surface area contributed by atoms with Crippen molar-refractivity contribution in [1.29, 1.82) is 0 Å². The number of para-hydroxylation sites is 2. The van der Waals surface area contributed by atoms with Crippen molar-refractivity contribution in [2.45, 2.75) is 31.8 Å². The van der Waals surface area contributed by atoms with Crippen molar-refractivity contribution in [3.8, 4) is 0 Å². The lowest BCUT2D eigenvalue weighted by Gasteiger charge is -2.28. The molecule has 1 N–H and O–H groups in total. The van der Waals surface area contributed by atoms with Gasteiger partial charge >= 0.3 is 0 Å². The van der Waals surface area contributed by atoms with Crippen LogP contribution in [0.4, 0.5) is 11.4 Å². The summed E-state index contributed by atoms with van der Waals surface area (Å²) in [4.78, 5) is 15.2. The van der Waals surface area contributed by atoms with E-state index in [4.69, 9.17) is 0 Å². The Balaban J connectivity index is 1.53. The number of nitrogens with zero attached hydrogens (tertiary/aromatic N) is 1. The van der Waals surface area contributed by atoms with Gasteiger partial charge in [-0.1, -0.05) is 60.7 Å². The highest BCUT2D eigenvalue weighted by Crippen LogP contribution is 2.27. The molecule has 0 aromatic heterocycles. The third kappa shape index (κ3) is 3.79. The number of hydrogen-bond acceptors (Lipinski definition) is 2. The van der Waals surface area contributed by atoms with Gasteiger partial charge in [0.1, 0.15) is 0 Å². The van der Waals surface area contributed by atoms with Crippen LogP contribution in [0, 0.1) is 0 Å². The number of nitrogens with one attached hydrogen (secondary N) is 1. The smallest absolute Gasteiger partial charge is 0.248 e. The van der Waals surface area contributed by atoms with Gasteiger partial charge in [-0.2, -0.15) is 0 Å². The fourth-order valence-electron chi connectivity index (χ4n) is 3.85. The second-order valence-electron chi connectivity index (χ2n) is 7.11. The molecule has 0 radical (unpaired) electrons. The highest BCUT2D eigenvalue weighted by atomic mass is 16.2. The Bertz CT molecular complexity index is 843. The Hall–Kier alpha value is -2.91. The summed E-state index contributed by atoms with van der Waals surface area (Å²) in [6.07, 6.45) is 1.95. The third-order valence-corrected chi connectivity index (χ3v) is 5.16. The Kier molecular flexibility index (Phi) is 5.03. The molecule has 3 heteroatoms. The van der Waals surface area contributed by atoms with Crippen molar-refractivity contribution < 1.29 is 4.79 Å². The zero-order valence-corrected chi connectivity index (χ0v) is 15.5. The number of carbonyl (C=O) groups is 1. The average molecular weight is 356 g/mol. The molecule has 1 aliphatic rings. The molecule has 3 aromatic rings. The number of amides is 1. The molecule has 1 atom stereocenters. The van der Waals surface area contributed by atoms with E-state index in [-0.39, 0.29) is 11.9 Å². The molecular formula is C24H24N2O. The molecule has 0 saturated heterocycles. The molecule has 1 unspecified atom stereocenters. The Morgan fingerprint density at radius 1 is 0.815 bits per heavy atom. The van der Waals surface area contributed by atoms with Gasteiger partial charge in [0.2, 0.25) is 5.91 Å². The minimum atomic E-state index is -0.273. The van der Waals surface area contributed by atoms with Crippen molar-refractivity contribution in [3.05, 3.63) is 96.1 Å². The lowest BCUT2D eigenvalue weighted by Crippen LogP contribution is -2.47. The minimum Gasteiger partial charge on any atom is -0.303 e. The van der Waals surface area contributed by atoms with Gasteiger partial charge in [-0.3, -0.25) is 9.69 Å². The standard InChI is InChI=1S/C24H24N2O/c1-18(25-21-16-19-10-8-9-11-20(19)17-21)24(27)26(22-12-4-2-5-13-22)23-14-6-3-7-15-23/h2-15,18,21,25H,16-17H2,1H3. The van der Waals surface area contributed by atoms with Gasteiger partial charge in [-0.25, -0.2) is 0 Å². The second kappa shape index (κ2) is 7.77. The molecule has 1 aliphatic carbocycles. The first-order valence-electron chi connectivity index (χ1n) is 9.49. The van der Waals surface area contributed by atoms with E-state index in [0.717, 1.165) is 24.2 Å². The zero-order chi connectivity index (χ0) is 18.6. The third-order valence-electron chi connectivity index (χ3n) is 5.16. The van der Waals surface area contributed by atoms with Crippen LogP contribution in [0.25, 0.3) is 0 Å². The van der Waals surface area contributed by atoms with Gasteiger partial charge < -0.3 is 5.32 Å². The van der Waals surface area contributed by atoms with Crippen LogP contribution in [0.15, 0.2) is 84.9 Å². The quantitative estimate of drug-likeness (QED) is 0.730. The number of hydrogen-bond donors (Lipinski definition) is 1. The largest absolute Gasteiger partial charge is 0.303 e. The molecule has 136 valence electrons. The normalized spacial score (nSPS) is 14.6. The molecule has 4 rings (SSSR count).